The van der Waals surface area contributed by atoms with Gasteiger partial charge >= 0.3 is 0 Å². The Morgan fingerprint density at radius 2 is 1.92 bits per heavy atom. The fourth-order valence-corrected chi connectivity index (χ4v) is 3.30. The average Bonchev–Trinajstić information content (AvgIpc) is 2.88. The van der Waals surface area contributed by atoms with E-state index in [-0.39, 0.29) is 11.1 Å². The lowest BCUT2D eigenvalue weighted by Crippen LogP contribution is -2.27. The van der Waals surface area contributed by atoms with Crippen LogP contribution in [0.4, 0.5) is 10.5 Å². The van der Waals surface area contributed by atoms with Crippen molar-refractivity contribution in [2.45, 2.75) is 0 Å². The molecule has 0 atom stereocenters. The van der Waals surface area contributed by atoms with Crippen molar-refractivity contribution in [3.05, 3.63) is 76.7 Å². The topological polar surface area (TPSA) is 46.6 Å². The Labute approximate surface area is 154 Å². The first-order valence-corrected chi connectivity index (χ1v) is 8.65. The SMILES string of the molecule is C=CCOc1ccc(C=C2SC(=O)N(c3cccc(Cl)c3)C2=O)cc1. The molecule has 1 fully saturated rings. The number of carbonyl (C=O) groups is 2. The number of imide groups is 1. The summed E-state index contributed by atoms with van der Waals surface area (Å²) in [4.78, 5) is 26.3. The molecule has 2 amide bonds. The summed E-state index contributed by atoms with van der Waals surface area (Å²) in [5.41, 5.74) is 1.27. The molecule has 25 heavy (non-hydrogen) atoms. The Morgan fingerprint density at radius 3 is 2.60 bits per heavy atom. The molecule has 0 spiro atoms. The summed E-state index contributed by atoms with van der Waals surface area (Å²) in [6.07, 6.45) is 3.35. The first-order valence-electron chi connectivity index (χ1n) is 7.46. The second kappa shape index (κ2) is 7.59. The molecule has 1 aliphatic rings. The molecule has 0 bridgehead atoms. The number of nitrogens with zero attached hydrogens (tertiary/aromatic N) is 1. The molecule has 126 valence electrons. The highest BCUT2D eigenvalue weighted by Gasteiger charge is 2.36. The molecule has 1 aliphatic heterocycles. The summed E-state index contributed by atoms with van der Waals surface area (Å²) in [5, 5.41) is 0.125. The van der Waals surface area contributed by atoms with Gasteiger partial charge in [-0.05, 0) is 53.7 Å². The lowest BCUT2D eigenvalue weighted by Gasteiger charge is -2.12. The molecule has 1 saturated heterocycles. The van der Waals surface area contributed by atoms with E-state index in [2.05, 4.69) is 6.58 Å². The molecule has 0 N–H and O–H groups in total. The van der Waals surface area contributed by atoms with Crippen molar-refractivity contribution in [3.63, 3.8) is 0 Å². The van der Waals surface area contributed by atoms with Crippen LogP contribution in [0.5, 0.6) is 5.75 Å². The standard InChI is InChI=1S/C19H14ClNO3S/c1-2-10-24-16-8-6-13(7-9-16)11-17-18(22)21(19(23)25-17)15-5-3-4-14(20)12-15/h2-9,11-12H,1,10H2. The number of hydrogen-bond donors (Lipinski definition) is 0. The van der Waals surface area contributed by atoms with Gasteiger partial charge in [0.2, 0.25) is 0 Å². The zero-order chi connectivity index (χ0) is 17.8. The predicted molar refractivity (Wildman–Crippen MR) is 102 cm³/mol. The Bertz CT molecular complexity index is 861. The summed E-state index contributed by atoms with van der Waals surface area (Å²) < 4.78 is 5.42. The minimum Gasteiger partial charge on any atom is -0.490 e. The first kappa shape index (κ1) is 17.3. The molecule has 0 aromatic heterocycles. The van der Waals surface area contributed by atoms with Crippen LogP contribution in [-0.4, -0.2) is 17.8 Å². The van der Waals surface area contributed by atoms with Crippen LogP contribution >= 0.6 is 23.4 Å². The van der Waals surface area contributed by atoms with Crippen LogP contribution in [0.15, 0.2) is 66.1 Å². The van der Waals surface area contributed by atoms with E-state index in [9.17, 15) is 9.59 Å². The second-order valence-corrected chi connectivity index (χ2v) is 6.60. The van der Waals surface area contributed by atoms with Gasteiger partial charge in [0.15, 0.2) is 0 Å². The van der Waals surface area contributed by atoms with E-state index in [1.165, 1.54) is 0 Å². The van der Waals surface area contributed by atoms with Crippen molar-refractivity contribution < 1.29 is 14.3 Å². The van der Waals surface area contributed by atoms with Gasteiger partial charge in [0.05, 0.1) is 10.6 Å². The van der Waals surface area contributed by atoms with Gasteiger partial charge in [-0.2, -0.15) is 0 Å². The van der Waals surface area contributed by atoms with Crippen molar-refractivity contribution in [2.24, 2.45) is 0 Å². The van der Waals surface area contributed by atoms with Crippen LogP contribution in [0.3, 0.4) is 0 Å². The van der Waals surface area contributed by atoms with Gasteiger partial charge in [0.25, 0.3) is 11.1 Å². The quantitative estimate of drug-likeness (QED) is 0.539. The van der Waals surface area contributed by atoms with Crippen molar-refractivity contribution in [3.8, 4) is 5.75 Å². The van der Waals surface area contributed by atoms with Crippen molar-refractivity contribution >= 4 is 46.3 Å². The van der Waals surface area contributed by atoms with Crippen LogP contribution in [0.2, 0.25) is 5.02 Å². The van der Waals surface area contributed by atoms with Crippen LogP contribution < -0.4 is 9.64 Å². The van der Waals surface area contributed by atoms with Gasteiger partial charge in [-0.3, -0.25) is 9.59 Å². The van der Waals surface area contributed by atoms with Crippen LogP contribution in [0, 0.1) is 0 Å². The number of hydrogen-bond acceptors (Lipinski definition) is 4. The average molecular weight is 372 g/mol. The molecule has 2 aromatic carbocycles. The summed E-state index contributed by atoms with van der Waals surface area (Å²) in [6.45, 7) is 4.02. The van der Waals surface area contributed by atoms with E-state index in [1.54, 1.807) is 48.6 Å². The summed E-state index contributed by atoms with van der Waals surface area (Å²) >= 11 is 6.85. The molecule has 0 aliphatic carbocycles. The van der Waals surface area contributed by atoms with Gasteiger partial charge in [-0.25, -0.2) is 4.90 Å². The van der Waals surface area contributed by atoms with Crippen molar-refractivity contribution in [1.82, 2.24) is 0 Å². The maximum absolute atomic E-state index is 12.6. The molecule has 1 heterocycles. The Kier molecular flexibility index (Phi) is 5.26. The van der Waals surface area contributed by atoms with E-state index in [4.69, 9.17) is 16.3 Å². The summed E-state index contributed by atoms with van der Waals surface area (Å²) in [6, 6.07) is 13.9. The highest BCUT2D eigenvalue weighted by atomic mass is 35.5. The molecule has 0 unspecified atom stereocenters. The normalized spacial score (nSPS) is 15.7. The first-order chi connectivity index (χ1) is 12.1. The van der Waals surface area contributed by atoms with E-state index in [0.29, 0.717) is 28.0 Å². The lowest BCUT2D eigenvalue weighted by molar-refractivity contribution is -0.113. The Morgan fingerprint density at radius 1 is 1.16 bits per heavy atom. The minimum absolute atomic E-state index is 0.343. The number of amides is 2. The third-order valence-electron chi connectivity index (χ3n) is 3.41. The molecule has 0 radical (unpaired) electrons. The number of halogens is 1. The zero-order valence-corrected chi connectivity index (χ0v) is 14.7. The number of carbonyl (C=O) groups excluding carboxylic acids is 2. The lowest BCUT2D eigenvalue weighted by atomic mass is 10.2. The van der Waals surface area contributed by atoms with E-state index >= 15 is 0 Å². The second-order valence-electron chi connectivity index (χ2n) is 5.17. The van der Waals surface area contributed by atoms with Gasteiger partial charge in [0, 0.05) is 5.02 Å². The zero-order valence-electron chi connectivity index (χ0n) is 13.1. The van der Waals surface area contributed by atoms with Crippen LogP contribution in [-0.2, 0) is 4.79 Å². The number of anilines is 1. The number of thioether (sulfide) groups is 1. The largest absolute Gasteiger partial charge is 0.490 e. The van der Waals surface area contributed by atoms with E-state index in [1.807, 2.05) is 12.1 Å². The maximum atomic E-state index is 12.6. The highest BCUT2D eigenvalue weighted by Crippen LogP contribution is 2.36. The molecule has 2 aromatic rings. The summed E-state index contributed by atoms with van der Waals surface area (Å²) in [5.74, 6) is 0.355. The molecule has 6 heteroatoms. The Balaban J connectivity index is 1.81. The fraction of sp³-hybridized carbons (Fsp3) is 0.0526. The monoisotopic (exact) mass is 371 g/mol. The van der Waals surface area contributed by atoms with Gasteiger partial charge in [0.1, 0.15) is 12.4 Å². The van der Waals surface area contributed by atoms with Gasteiger partial charge in [-0.1, -0.05) is 42.5 Å². The van der Waals surface area contributed by atoms with Gasteiger partial charge < -0.3 is 4.74 Å². The molecular weight excluding hydrogens is 358 g/mol. The number of benzene rings is 2. The third kappa shape index (κ3) is 3.95. The van der Waals surface area contributed by atoms with E-state index < -0.39 is 0 Å². The molecule has 4 nitrogen and oxygen atoms in total. The Hall–Kier alpha value is -2.50. The number of rotatable bonds is 5. The summed E-state index contributed by atoms with van der Waals surface area (Å²) in [7, 11) is 0. The van der Waals surface area contributed by atoms with Crippen LogP contribution in [0.25, 0.3) is 6.08 Å². The van der Waals surface area contributed by atoms with Crippen molar-refractivity contribution in [1.29, 1.82) is 0 Å². The van der Waals surface area contributed by atoms with Crippen LogP contribution in [0.1, 0.15) is 5.56 Å². The maximum Gasteiger partial charge on any atom is 0.298 e. The fourth-order valence-electron chi connectivity index (χ4n) is 2.27. The highest BCUT2D eigenvalue weighted by molar-refractivity contribution is 8.19. The number of ether oxygens (including phenoxy) is 1. The third-order valence-corrected chi connectivity index (χ3v) is 4.51. The molecular formula is C19H14ClNO3S. The molecule has 3 rings (SSSR count). The minimum atomic E-state index is -0.357. The smallest absolute Gasteiger partial charge is 0.298 e. The van der Waals surface area contributed by atoms with Gasteiger partial charge in [-0.15, -0.1) is 0 Å². The van der Waals surface area contributed by atoms with E-state index in [0.717, 1.165) is 22.2 Å². The van der Waals surface area contributed by atoms with Crippen molar-refractivity contribution in [2.75, 3.05) is 11.5 Å². The predicted octanol–water partition coefficient (Wildman–Crippen LogP) is 5.15. The molecule has 0 saturated carbocycles.